The van der Waals surface area contributed by atoms with E-state index in [-0.39, 0.29) is 5.91 Å². The second-order valence-electron chi connectivity index (χ2n) is 5.11. The lowest BCUT2D eigenvalue weighted by atomic mass is 10.2. The van der Waals surface area contributed by atoms with Gasteiger partial charge in [-0.05, 0) is 42.0 Å². The summed E-state index contributed by atoms with van der Waals surface area (Å²) in [5.41, 5.74) is 1.57. The first-order chi connectivity index (χ1) is 11.7. The molecule has 24 heavy (non-hydrogen) atoms. The number of carbonyl (C=O) groups excluding carboxylic acids is 1. The van der Waals surface area contributed by atoms with Crippen molar-refractivity contribution in [1.29, 1.82) is 0 Å². The first kappa shape index (κ1) is 16.2. The Balaban J connectivity index is 1.66. The maximum Gasteiger partial charge on any atom is 0.251 e. The van der Waals surface area contributed by atoms with Crippen molar-refractivity contribution in [2.45, 2.75) is 6.54 Å². The van der Waals surface area contributed by atoms with Crippen LogP contribution in [0.15, 0.2) is 77.4 Å². The first-order valence-corrected chi connectivity index (χ1v) is 8.21. The smallest absolute Gasteiger partial charge is 0.251 e. The molecule has 3 aromatic rings. The third-order valence-corrected chi connectivity index (χ3v) is 3.79. The van der Waals surface area contributed by atoms with Crippen molar-refractivity contribution in [3.05, 3.63) is 88.5 Å². The molecule has 1 heterocycles. The first-order valence-electron chi connectivity index (χ1n) is 7.42. The standard InChI is InChI=1S/C19H15BrN2O2/c20-16-7-3-5-14(11-16)13-22-19(23)15-6-4-8-17(12-15)24-18-9-1-2-10-21-18/h1-12H,13H2,(H,22,23). The Morgan fingerprint density at radius 2 is 1.92 bits per heavy atom. The zero-order valence-electron chi connectivity index (χ0n) is 12.8. The molecule has 0 bridgehead atoms. The van der Waals surface area contributed by atoms with Crippen LogP contribution in [0.25, 0.3) is 0 Å². The molecule has 1 N–H and O–H groups in total. The van der Waals surface area contributed by atoms with E-state index in [2.05, 4.69) is 26.2 Å². The lowest BCUT2D eigenvalue weighted by Gasteiger charge is -2.08. The third-order valence-electron chi connectivity index (χ3n) is 3.30. The highest BCUT2D eigenvalue weighted by molar-refractivity contribution is 9.10. The van der Waals surface area contributed by atoms with Gasteiger partial charge in [-0.2, -0.15) is 0 Å². The summed E-state index contributed by atoms with van der Waals surface area (Å²) >= 11 is 3.42. The molecule has 1 aromatic heterocycles. The van der Waals surface area contributed by atoms with E-state index in [4.69, 9.17) is 4.74 Å². The van der Waals surface area contributed by atoms with Gasteiger partial charge in [0.15, 0.2) is 0 Å². The van der Waals surface area contributed by atoms with Crippen LogP contribution in [0.2, 0.25) is 0 Å². The van der Waals surface area contributed by atoms with Crippen LogP contribution in [-0.4, -0.2) is 10.9 Å². The molecular weight excluding hydrogens is 368 g/mol. The van der Waals surface area contributed by atoms with Gasteiger partial charge in [0.25, 0.3) is 5.91 Å². The van der Waals surface area contributed by atoms with Crippen LogP contribution in [0.3, 0.4) is 0 Å². The van der Waals surface area contributed by atoms with E-state index >= 15 is 0 Å². The Labute approximate surface area is 148 Å². The van der Waals surface area contributed by atoms with Gasteiger partial charge < -0.3 is 10.1 Å². The van der Waals surface area contributed by atoms with E-state index in [1.165, 1.54) is 0 Å². The zero-order valence-corrected chi connectivity index (χ0v) is 14.4. The van der Waals surface area contributed by atoms with Crippen molar-refractivity contribution >= 4 is 21.8 Å². The maximum atomic E-state index is 12.3. The summed E-state index contributed by atoms with van der Waals surface area (Å²) in [4.78, 5) is 16.4. The van der Waals surface area contributed by atoms with E-state index in [9.17, 15) is 4.79 Å². The van der Waals surface area contributed by atoms with Gasteiger partial charge in [-0.1, -0.05) is 40.2 Å². The Morgan fingerprint density at radius 1 is 1.04 bits per heavy atom. The van der Waals surface area contributed by atoms with Gasteiger partial charge in [-0.3, -0.25) is 4.79 Å². The van der Waals surface area contributed by atoms with Crippen LogP contribution >= 0.6 is 15.9 Å². The molecule has 1 amide bonds. The Morgan fingerprint density at radius 3 is 2.71 bits per heavy atom. The van der Waals surface area contributed by atoms with Crippen molar-refractivity contribution in [3.8, 4) is 11.6 Å². The molecular formula is C19H15BrN2O2. The molecule has 0 aliphatic rings. The molecule has 0 fully saturated rings. The summed E-state index contributed by atoms with van der Waals surface area (Å²) in [5, 5.41) is 2.90. The van der Waals surface area contributed by atoms with Crippen LogP contribution in [0.5, 0.6) is 11.6 Å². The number of halogens is 1. The molecule has 0 radical (unpaired) electrons. The van der Waals surface area contributed by atoms with Gasteiger partial charge in [0.1, 0.15) is 5.75 Å². The number of benzene rings is 2. The van der Waals surface area contributed by atoms with Gasteiger partial charge in [0.05, 0.1) is 0 Å². The number of aromatic nitrogens is 1. The van der Waals surface area contributed by atoms with Crippen molar-refractivity contribution in [2.75, 3.05) is 0 Å². The van der Waals surface area contributed by atoms with E-state index in [0.29, 0.717) is 23.7 Å². The molecule has 3 rings (SSSR count). The number of hydrogen-bond acceptors (Lipinski definition) is 3. The van der Waals surface area contributed by atoms with Crippen LogP contribution < -0.4 is 10.1 Å². The number of carbonyl (C=O) groups is 1. The number of nitrogens with zero attached hydrogens (tertiary/aromatic N) is 1. The van der Waals surface area contributed by atoms with E-state index in [0.717, 1.165) is 10.0 Å². The fraction of sp³-hybridized carbons (Fsp3) is 0.0526. The average Bonchev–Trinajstić information content (AvgIpc) is 2.61. The van der Waals surface area contributed by atoms with Crippen LogP contribution in [-0.2, 0) is 6.54 Å². The second kappa shape index (κ2) is 7.75. The molecule has 5 heteroatoms. The summed E-state index contributed by atoms with van der Waals surface area (Å²) in [6, 6.07) is 20.3. The molecule has 120 valence electrons. The molecule has 4 nitrogen and oxygen atoms in total. The van der Waals surface area contributed by atoms with Crippen molar-refractivity contribution < 1.29 is 9.53 Å². The molecule has 2 aromatic carbocycles. The fourth-order valence-corrected chi connectivity index (χ4v) is 2.61. The van der Waals surface area contributed by atoms with Crippen molar-refractivity contribution in [2.24, 2.45) is 0 Å². The maximum absolute atomic E-state index is 12.3. The van der Waals surface area contributed by atoms with Crippen molar-refractivity contribution in [3.63, 3.8) is 0 Å². The largest absolute Gasteiger partial charge is 0.439 e. The molecule has 0 aliphatic heterocycles. The zero-order chi connectivity index (χ0) is 16.8. The average molecular weight is 383 g/mol. The fourth-order valence-electron chi connectivity index (χ4n) is 2.16. The highest BCUT2D eigenvalue weighted by Gasteiger charge is 2.07. The Kier molecular flexibility index (Phi) is 5.23. The second-order valence-corrected chi connectivity index (χ2v) is 6.03. The van der Waals surface area contributed by atoms with Crippen molar-refractivity contribution in [1.82, 2.24) is 10.3 Å². The topological polar surface area (TPSA) is 51.2 Å². The number of rotatable bonds is 5. The van der Waals surface area contributed by atoms with Gasteiger partial charge in [-0.25, -0.2) is 4.98 Å². The monoisotopic (exact) mass is 382 g/mol. The molecule has 0 aliphatic carbocycles. The Hall–Kier alpha value is -2.66. The van der Waals surface area contributed by atoms with Gasteiger partial charge in [0, 0.05) is 28.8 Å². The van der Waals surface area contributed by atoms with E-state index in [1.807, 2.05) is 36.4 Å². The molecule has 0 unspecified atom stereocenters. The lowest BCUT2D eigenvalue weighted by molar-refractivity contribution is 0.0950. The SMILES string of the molecule is O=C(NCc1cccc(Br)c1)c1cccc(Oc2ccccn2)c1. The summed E-state index contributed by atoms with van der Waals surface area (Å²) in [6.45, 7) is 0.462. The predicted octanol–water partition coefficient (Wildman–Crippen LogP) is 4.57. The number of hydrogen-bond donors (Lipinski definition) is 1. The lowest BCUT2D eigenvalue weighted by Crippen LogP contribution is -2.22. The number of pyridine rings is 1. The quantitative estimate of drug-likeness (QED) is 0.703. The summed E-state index contributed by atoms with van der Waals surface area (Å²) in [7, 11) is 0. The summed E-state index contributed by atoms with van der Waals surface area (Å²) in [6.07, 6.45) is 1.66. The number of nitrogens with one attached hydrogen (secondary N) is 1. The van der Waals surface area contributed by atoms with Crippen LogP contribution in [0.4, 0.5) is 0 Å². The summed E-state index contributed by atoms with van der Waals surface area (Å²) in [5.74, 6) is 0.912. The Bertz CT molecular complexity index is 838. The highest BCUT2D eigenvalue weighted by atomic mass is 79.9. The third kappa shape index (κ3) is 4.43. The van der Waals surface area contributed by atoms with E-state index < -0.39 is 0 Å². The normalized spacial score (nSPS) is 10.2. The van der Waals surface area contributed by atoms with Gasteiger partial charge in [-0.15, -0.1) is 0 Å². The minimum Gasteiger partial charge on any atom is -0.439 e. The van der Waals surface area contributed by atoms with Crippen LogP contribution in [0.1, 0.15) is 15.9 Å². The molecule has 0 saturated heterocycles. The summed E-state index contributed by atoms with van der Waals surface area (Å²) < 4.78 is 6.64. The highest BCUT2D eigenvalue weighted by Crippen LogP contribution is 2.20. The van der Waals surface area contributed by atoms with Gasteiger partial charge >= 0.3 is 0 Å². The molecule has 0 atom stereocenters. The number of amides is 1. The minimum atomic E-state index is -0.151. The number of ether oxygens (including phenoxy) is 1. The molecule has 0 spiro atoms. The van der Waals surface area contributed by atoms with Crippen LogP contribution in [0, 0.1) is 0 Å². The predicted molar refractivity (Wildman–Crippen MR) is 96.1 cm³/mol. The molecule has 0 saturated carbocycles. The van der Waals surface area contributed by atoms with Gasteiger partial charge in [0.2, 0.25) is 5.88 Å². The van der Waals surface area contributed by atoms with E-state index in [1.54, 1.807) is 36.5 Å². The minimum absolute atomic E-state index is 0.151.